The van der Waals surface area contributed by atoms with E-state index in [-0.39, 0.29) is 0 Å². The summed E-state index contributed by atoms with van der Waals surface area (Å²) in [4.78, 5) is 0. The molecule has 1 aliphatic rings. The molecule has 0 saturated carbocycles. The van der Waals surface area contributed by atoms with Crippen LogP contribution in [-0.4, -0.2) is 0 Å². The van der Waals surface area contributed by atoms with Gasteiger partial charge < -0.3 is 9.47 Å². The largest absolute Gasteiger partial charge is 0.452 e. The molecule has 2 aromatic carbocycles. The second-order valence-corrected chi connectivity index (χ2v) is 4.22. The molecule has 1 aliphatic heterocycles. The Kier molecular flexibility index (Phi) is 2.77. The van der Waals surface area contributed by atoms with Gasteiger partial charge in [-0.3, -0.25) is 0 Å². The zero-order valence-corrected chi connectivity index (χ0v) is 9.87. The summed E-state index contributed by atoms with van der Waals surface area (Å²) in [5.41, 5.74) is 2.14. The third-order valence-electron chi connectivity index (χ3n) is 3.00. The van der Waals surface area contributed by atoms with E-state index >= 15 is 0 Å². The van der Waals surface area contributed by atoms with Gasteiger partial charge in [0.05, 0.1) is 6.42 Å². The third-order valence-corrected chi connectivity index (χ3v) is 3.00. The first kappa shape index (κ1) is 10.9. The van der Waals surface area contributed by atoms with Crippen molar-refractivity contribution in [1.82, 2.24) is 0 Å². The number of hydrogen-bond acceptors (Lipinski definition) is 2. The SMILES string of the molecule is [c]1cccc(C2(Cc3ccccc3)OC=CO2)c1. The second-order valence-electron chi connectivity index (χ2n) is 4.22. The minimum Gasteiger partial charge on any atom is -0.452 e. The molecule has 89 valence electrons. The van der Waals surface area contributed by atoms with E-state index in [1.165, 1.54) is 5.56 Å². The fourth-order valence-corrected chi connectivity index (χ4v) is 2.12. The highest BCUT2D eigenvalue weighted by atomic mass is 16.7. The summed E-state index contributed by atoms with van der Waals surface area (Å²) in [6, 6.07) is 20.9. The van der Waals surface area contributed by atoms with Gasteiger partial charge >= 0.3 is 0 Å². The van der Waals surface area contributed by atoms with Gasteiger partial charge in [0.2, 0.25) is 0 Å². The van der Waals surface area contributed by atoms with Gasteiger partial charge in [-0.2, -0.15) is 0 Å². The van der Waals surface area contributed by atoms with Gasteiger partial charge in [0, 0.05) is 5.56 Å². The number of rotatable bonds is 3. The van der Waals surface area contributed by atoms with Crippen LogP contribution in [0.4, 0.5) is 0 Å². The van der Waals surface area contributed by atoms with Gasteiger partial charge in [0.25, 0.3) is 5.79 Å². The van der Waals surface area contributed by atoms with E-state index in [1.54, 1.807) is 12.5 Å². The van der Waals surface area contributed by atoms with Crippen LogP contribution in [0.25, 0.3) is 0 Å². The molecular formula is C16H13O2. The van der Waals surface area contributed by atoms with E-state index in [0.717, 1.165) is 5.56 Å². The van der Waals surface area contributed by atoms with Crippen molar-refractivity contribution in [3.63, 3.8) is 0 Å². The molecular weight excluding hydrogens is 224 g/mol. The van der Waals surface area contributed by atoms with Crippen molar-refractivity contribution < 1.29 is 9.47 Å². The third kappa shape index (κ3) is 1.97. The van der Waals surface area contributed by atoms with Crippen LogP contribution in [0.2, 0.25) is 0 Å². The van der Waals surface area contributed by atoms with Gasteiger partial charge in [-0.25, -0.2) is 0 Å². The fraction of sp³-hybridized carbons (Fsp3) is 0.125. The Morgan fingerprint density at radius 2 is 1.72 bits per heavy atom. The molecule has 0 N–H and O–H groups in total. The van der Waals surface area contributed by atoms with E-state index < -0.39 is 5.79 Å². The average Bonchev–Trinajstić information content (AvgIpc) is 2.91. The standard InChI is InChI=1S/C16H13O2/c1-3-7-14(8-4-1)13-16(17-11-12-18-16)15-9-5-2-6-10-15/h1-5,7-12H,13H2. The first-order valence-electron chi connectivity index (χ1n) is 5.90. The summed E-state index contributed by atoms with van der Waals surface area (Å²) in [5, 5.41) is 0. The fourth-order valence-electron chi connectivity index (χ4n) is 2.12. The normalized spacial score (nSPS) is 16.0. The molecule has 0 aromatic heterocycles. The van der Waals surface area contributed by atoms with Crippen molar-refractivity contribution in [3.05, 3.63) is 84.3 Å². The first-order valence-corrected chi connectivity index (χ1v) is 5.90. The van der Waals surface area contributed by atoms with Crippen LogP contribution in [0.1, 0.15) is 11.1 Å². The first-order chi connectivity index (χ1) is 8.89. The molecule has 0 amide bonds. The summed E-state index contributed by atoms with van der Waals surface area (Å²) < 4.78 is 11.4. The smallest absolute Gasteiger partial charge is 0.280 e. The molecule has 0 atom stereocenters. The zero-order valence-electron chi connectivity index (χ0n) is 9.87. The molecule has 0 fully saturated rings. The maximum atomic E-state index is 5.71. The van der Waals surface area contributed by atoms with Crippen molar-refractivity contribution in [1.29, 1.82) is 0 Å². The van der Waals surface area contributed by atoms with Crippen molar-refractivity contribution in [2.45, 2.75) is 12.2 Å². The lowest BCUT2D eigenvalue weighted by Gasteiger charge is -2.28. The molecule has 1 radical (unpaired) electrons. The van der Waals surface area contributed by atoms with Gasteiger partial charge in [-0.15, -0.1) is 0 Å². The molecule has 2 aromatic rings. The van der Waals surface area contributed by atoms with Crippen molar-refractivity contribution in [3.8, 4) is 0 Å². The van der Waals surface area contributed by atoms with Crippen LogP contribution in [-0.2, 0) is 21.7 Å². The van der Waals surface area contributed by atoms with E-state index in [4.69, 9.17) is 9.47 Å². The van der Waals surface area contributed by atoms with E-state index in [9.17, 15) is 0 Å². The topological polar surface area (TPSA) is 18.5 Å². The Morgan fingerprint density at radius 1 is 0.944 bits per heavy atom. The molecule has 0 bridgehead atoms. The minimum atomic E-state index is -0.751. The maximum Gasteiger partial charge on any atom is 0.280 e. The average molecular weight is 237 g/mol. The maximum absolute atomic E-state index is 5.71. The number of benzene rings is 2. The summed E-state index contributed by atoms with van der Waals surface area (Å²) in [7, 11) is 0. The molecule has 1 heterocycles. The number of hydrogen-bond donors (Lipinski definition) is 0. The minimum absolute atomic E-state index is 0.665. The van der Waals surface area contributed by atoms with Crippen LogP contribution >= 0.6 is 0 Å². The molecule has 2 heteroatoms. The van der Waals surface area contributed by atoms with Crippen molar-refractivity contribution in [2.24, 2.45) is 0 Å². The summed E-state index contributed by atoms with van der Waals surface area (Å²) in [6.45, 7) is 0. The van der Waals surface area contributed by atoms with Crippen molar-refractivity contribution >= 4 is 0 Å². The Labute approximate surface area is 106 Å². The Morgan fingerprint density at radius 3 is 2.39 bits per heavy atom. The quantitative estimate of drug-likeness (QED) is 0.814. The molecule has 3 rings (SSSR count). The Hall–Kier alpha value is -2.22. The van der Waals surface area contributed by atoms with Crippen LogP contribution < -0.4 is 0 Å². The summed E-state index contributed by atoms with van der Waals surface area (Å²) >= 11 is 0. The Bertz CT molecular complexity index is 524. The molecule has 2 nitrogen and oxygen atoms in total. The van der Waals surface area contributed by atoms with Gasteiger partial charge in [-0.1, -0.05) is 48.5 Å². The van der Waals surface area contributed by atoms with Crippen LogP contribution in [0.15, 0.2) is 67.1 Å². The highest BCUT2D eigenvalue weighted by Gasteiger charge is 2.38. The lowest BCUT2D eigenvalue weighted by Crippen LogP contribution is -2.29. The van der Waals surface area contributed by atoms with E-state index in [2.05, 4.69) is 18.2 Å². The lowest BCUT2D eigenvalue weighted by atomic mass is 9.97. The molecule has 0 unspecified atom stereocenters. The highest BCUT2D eigenvalue weighted by molar-refractivity contribution is 5.26. The predicted octanol–water partition coefficient (Wildman–Crippen LogP) is 3.40. The highest BCUT2D eigenvalue weighted by Crippen LogP contribution is 2.35. The Balaban J connectivity index is 1.93. The monoisotopic (exact) mass is 237 g/mol. The van der Waals surface area contributed by atoms with Gasteiger partial charge in [0.15, 0.2) is 0 Å². The zero-order chi connectivity index (χ0) is 12.3. The molecule has 0 spiro atoms. The van der Waals surface area contributed by atoms with Gasteiger partial charge in [0.1, 0.15) is 12.5 Å². The van der Waals surface area contributed by atoms with E-state index in [0.29, 0.717) is 6.42 Å². The molecule has 18 heavy (non-hydrogen) atoms. The molecule has 0 saturated heterocycles. The van der Waals surface area contributed by atoms with Crippen LogP contribution in [0.5, 0.6) is 0 Å². The number of ether oxygens (including phenoxy) is 2. The predicted molar refractivity (Wildman–Crippen MR) is 68.4 cm³/mol. The van der Waals surface area contributed by atoms with E-state index in [1.807, 2.05) is 42.5 Å². The van der Waals surface area contributed by atoms with Crippen molar-refractivity contribution in [2.75, 3.05) is 0 Å². The van der Waals surface area contributed by atoms with Gasteiger partial charge in [-0.05, 0) is 17.7 Å². The van der Waals surface area contributed by atoms with Crippen LogP contribution in [0, 0.1) is 6.07 Å². The lowest BCUT2D eigenvalue weighted by molar-refractivity contribution is -0.148. The van der Waals surface area contributed by atoms with Crippen LogP contribution in [0.3, 0.4) is 0 Å². The summed E-state index contributed by atoms with van der Waals surface area (Å²) in [5.74, 6) is -0.751. The second kappa shape index (κ2) is 4.57. The molecule has 0 aliphatic carbocycles. The summed E-state index contributed by atoms with van der Waals surface area (Å²) in [6.07, 6.45) is 3.85.